The molecule has 1 aromatic carbocycles. The molecule has 2 aromatic rings. The van der Waals surface area contributed by atoms with Gasteiger partial charge < -0.3 is 24.6 Å². The highest BCUT2D eigenvalue weighted by Crippen LogP contribution is 2.24. The molecule has 32 heavy (non-hydrogen) atoms. The molecule has 2 aliphatic heterocycles. The molecule has 1 aromatic heterocycles. The number of amides is 3. The second-order valence-corrected chi connectivity index (χ2v) is 9.24. The number of hydrogen-bond donors (Lipinski definition) is 1. The molecule has 0 spiro atoms. The van der Waals surface area contributed by atoms with Crippen LogP contribution in [0.4, 0.5) is 15.3 Å². The Morgan fingerprint density at radius 3 is 2.34 bits per heavy atom. The van der Waals surface area contributed by atoms with Gasteiger partial charge in [-0.1, -0.05) is 0 Å². The Kier molecular flexibility index (Phi) is 6.21. The maximum atomic E-state index is 12.6. The Labute approximate surface area is 188 Å². The van der Waals surface area contributed by atoms with Crippen LogP contribution in [0.2, 0.25) is 0 Å². The summed E-state index contributed by atoms with van der Waals surface area (Å²) in [5.41, 5.74) is 2.45. The van der Waals surface area contributed by atoms with Gasteiger partial charge in [0.2, 0.25) is 0 Å². The van der Waals surface area contributed by atoms with E-state index in [0.29, 0.717) is 26.2 Å². The maximum Gasteiger partial charge on any atom is 0.410 e. The fourth-order valence-corrected chi connectivity index (χ4v) is 3.86. The van der Waals surface area contributed by atoms with Crippen molar-refractivity contribution < 1.29 is 19.1 Å². The normalized spacial score (nSPS) is 16.5. The topological polar surface area (TPSA) is 84.0 Å². The summed E-state index contributed by atoms with van der Waals surface area (Å²) >= 11 is 0. The zero-order valence-electron chi connectivity index (χ0n) is 18.8. The van der Waals surface area contributed by atoms with E-state index in [4.69, 9.17) is 9.47 Å². The predicted molar refractivity (Wildman–Crippen MR) is 120 cm³/mol. The summed E-state index contributed by atoms with van der Waals surface area (Å²) in [6.45, 7) is 7.99. The van der Waals surface area contributed by atoms with Gasteiger partial charge in [-0.2, -0.15) is 0 Å². The first-order valence-corrected chi connectivity index (χ1v) is 11.0. The van der Waals surface area contributed by atoms with E-state index in [2.05, 4.69) is 10.3 Å². The number of ether oxygens (including phenoxy) is 2. The van der Waals surface area contributed by atoms with E-state index in [9.17, 15) is 9.59 Å². The monoisotopic (exact) mass is 438 g/mol. The highest BCUT2D eigenvalue weighted by atomic mass is 16.6. The number of urea groups is 1. The first-order valence-electron chi connectivity index (χ1n) is 11.0. The highest BCUT2D eigenvalue weighted by Gasteiger charge is 2.28. The van der Waals surface area contributed by atoms with Crippen molar-refractivity contribution in [2.24, 2.45) is 0 Å². The largest absolute Gasteiger partial charge is 0.490 e. The van der Waals surface area contributed by atoms with Crippen LogP contribution in [0.1, 0.15) is 44.7 Å². The first kappa shape index (κ1) is 21.9. The number of carbonyl (C=O) groups excluding carboxylic acids is 2. The fraction of sp³-hybridized carbons (Fsp3) is 0.458. The van der Waals surface area contributed by atoms with E-state index in [1.165, 1.54) is 0 Å². The van der Waals surface area contributed by atoms with Crippen molar-refractivity contribution in [3.63, 3.8) is 0 Å². The van der Waals surface area contributed by atoms with Crippen LogP contribution in [0.3, 0.4) is 0 Å². The molecule has 0 atom stereocenters. The summed E-state index contributed by atoms with van der Waals surface area (Å²) in [5.74, 6) is 0.748. The fourth-order valence-electron chi connectivity index (χ4n) is 3.86. The molecular weight excluding hydrogens is 408 g/mol. The number of piperidine rings is 1. The number of aromatic nitrogens is 1. The molecule has 1 fully saturated rings. The summed E-state index contributed by atoms with van der Waals surface area (Å²) in [6, 6.07) is 9.22. The Balaban J connectivity index is 1.23. The molecule has 0 aliphatic carbocycles. The zero-order chi connectivity index (χ0) is 22.7. The molecule has 8 nitrogen and oxygen atoms in total. The van der Waals surface area contributed by atoms with E-state index < -0.39 is 5.60 Å². The van der Waals surface area contributed by atoms with Gasteiger partial charge in [0, 0.05) is 57.1 Å². The smallest absolute Gasteiger partial charge is 0.410 e. The molecular formula is C24H30N4O4. The van der Waals surface area contributed by atoms with Gasteiger partial charge >= 0.3 is 12.1 Å². The van der Waals surface area contributed by atoms with Crippen LogP contribution >= 0.6 is 0 Å². The Bertz CT molecular complexity index is 938. The summed E-state index contributed by atoms with van der Waals surface area (Å²) in [5, 5.41) is 2.94. The minimum absolute atomic E-state index is 0.0471. The van der Waals surface area contributed by atoms with Crippen LogP contribution in [0.15, 0.2) is 42.7 Å². The van der Waals surface area contributed by atoms with E-state index in [-0.39, 0.29) is 18.2 Å². The second-order valence-electron chi connectivity index (χ2n) is 9.24. The van der Waals surface area contributed by atoms with Crippen molar-refractivity contribution in [1.82, 2.24) is 14.8 Å². The predicted octanol–water partition coefficient (Wildman–Crippen LogP) is 4.41. The van der Waals surface area contributed by atoms with Crippen molar-refractivity contribution in [2.45, 2.75) is 58.4 Å². The molecule has 170 valence electrons. The van der Waals surface area contributed by atoms with Crippen molar-refractivity contribution in [1.29, 1.82) is 0 Å². The third-order valence-electron chi connectivity index (χ3n) is 5.52. The molecule has 1 saturated heterocycles. The third-order valence-corrected chi connectivity index (χ3v) is 5.52. The van der Waals surface area contributed by atoms with E-state index in [1.807, 2.05) is 57.3 Å². The molecule has 3 amide bonds. The lowest BCUT2D eigenvalue weighted by Crippen LogP contribution is -2.44. The molecule has 0 bridgehead atoms. The van der Waals surface area contributed by atoms with Crippen molar-refractivity contribution >= 4 is 17.8 Å². The molecule has 3 heterocycles. The van der Waals surface area contributed by atoms with Crippen LogP contribution in [-0.4, -0.2) is 51.7 Å². The lowest BCUT2D eigenvalue weighted by atomic mass is 10.1. The third kappa shape index (κ3) is 5.49. The Morgan fingerprint density at radius 2 is 1.69 bits per heavy atom. The molecule has 0 radical (unpaired) electrons. The summed E-state index contributed by atoms with van der Waals surface area (Å²) in [4.78, 5) is 32.4. The van der Waals surface area contributed by atoms with Gasteiger partial charge in [-0.25, -0.2) is 9.59 Å². The van der Waals surface area contributed by atoms with Gasteiger partial charge in [-0.15, -0.1) is 0 Å². The van der Waals surface area contributed by atoms with Crippen molar-refractivity contribution in [2.75, 3.05) is 18.4 Å². The summed E-state index contributed by atoms with van der Waals surface area (Å²) in [6.07, 6.45) is 4.84. The lowest BCUT2D eigenvalue weighted by Gasteiger charge is -2.33. The van der Waals surface area contributed by atoms with Crippen LogP contribution in [0.25, 0.3) is 0 Å². The number of carbonyl (C=O) groups is 2. The number of nitrogens with one attached hydrogen (secondary N) is 1. The van der Waals surface area contributed by atoms with Gasteiger partial charge in [0.15, 0.2) is 0 Å². The van der Waals surface area contributed by atoms with Crippen LogP contribution < -0.4 is 10.1 Å². The highest BCUT2D eigenvalue weighted by molar-refractivity contribution is 5.89. The number of anilines is 1. The zero-order valence-corrected chi connectivity index (χ0v) is 18.8. The number of likely N-dealkylation sites (tertiary alicyclic amines) is 1. The first-order chi connectivity index (χ1) is 15.3. The van der Waals surface area contributed by atoms with E-state index >= 15 is 0 Å². The number of nitrogens with zero attached hydrogens (tertiary/aromatic N) is 3. The van der Waals surface area contributed by atoms with Gasteiger partial charge in [0.1, 0.15) is 17.5 Å². The Hall–Kier alpha value is -3.29. The summed E-state index contributed by atoms with van der Waals surface area (Å²) < 4.78 is 11.5. The molecule has 4 rings (SSSR count). The van der Waals surface area contributed by atoms with Gasteiger partial charge in [0.05, 0.1) is 0 Å². The minimum Gasteiger partial charge on any atom is -0.490 e. The molecule has 8 heteroatoms. The lowest BCUT2D eigenvalue weighted by molar-refractivity contribution is 0.0126. The van der Waals surface area contributed by atoms with Crippen LogP contribution in [-0.2, 0) is 17.8 Å². The Morgan fingerprint density at radius 1 is 1.00 bits per heavy atom. The average molecular weight is 439 g/mol. The number of pyridine rings is 1. The molecule has 2 aliphatic rings. The quantitative estimate of drug-likeness (QED) is 0.768. The van der Waals surface area contributed by atoms with Gasteiger partial charge in [-0.05, 0) is 62.2 Å². The van der Waals surface area contributed by atoms with Gasteiger partial charge in [-0.3, -0.25) is 4.98 Å². The molecule has 1 N–H and O–H groups in total. The number of fused-ring (bicyclic) bond motifs is 1. The van der Waals surface area contributed by atoms with Crippen molar-refractivity contribution in [3.05, 3.63) is 53.9 Å². The minimum atomic E-state index is -0.489. The van der Waals surface area contributed by atoms with Crippen LogP contribution in [0, 0.1) is 0 Å². The standard InChI is InChI=1S/C24H30N4O4/c1-24(2,3)32-23(30)27-12-9-21(10-13-27)31-20-6-4-19(5-7-20)26-22(29)28-15-17-8-11-25-14-18(17)16-28/h4-8,11,14,21H,9-10,12-13,15-16H2,1-3H3,(H,26,29). The number of hydrogen-bond acceptors (Lipinski definition) is 5. The maximum absolute atomic E-state index is 12.6. The van der Waals surface area contributed by atoms with E-state index in [1.54, 1.807) is 16.0 Å². The SMILES string of the molecule is CC(C)(C)OC(=O)N1CCC(Oc2ccc(NC(=O)N3Cc4ccncc4C3)cc2)CC1. The molecule has 0 saturated carbocycles. The van der Waals surface area contributed by atoms with Crippen molar-refractivity contribution in [3.8, 4) is 5.75 Å². The second kappa shape index (κ2) is 9.06. The van der Waals surface area contributed by atoms with Gasteiger partial charge in [0.25, 0.3) is 0 Å². The van der Waals surface area contributed by atoms with Crippen LogP contribution in [0.5, 0.6) is 5.75 Å². The van der Waals surface area contributed by atoms with E-state index in [0.717, 1.165) is 35.4 Å². The average Bonchev–Trinajstić information content (AvgIpc) is 3.19. The summed E-state index contributed by atoms with van der Waals surface area (Å²) in [7, 11) is 0. The number of benzene rings is 1. The molecule has 0 unspecified atom stereocenters. The number of rotatable bonds is 3.